The lowest BCUT2D eigenvalue weighted by Crippen LogP contribution is -2.29. The van der Waals surface area contributed by atoms with Gasteiger partial charge in [-0.05, 0) is 32.4 Å². The Morgan fingerprint density at radius 3 is 2.27 bits per heavy atom. The number of aromatic nitrogens is 1. The minimum absolute atomic E-state index is 0.279. The predicted octanol–water partition coefficient (Wildman–Crippen LogP) is 2.76. The van der Waals surface area contributed by atoms with Gasteiger partial charge in [-0.2, -0.15) is 13.2 Å². The van der Waals surface area contributed by atoms with Gasteiger partial charge in [-0.3, -0.25) is 4.79 Å². The molecule has 0 N–H and O–H groups in total. The molecule has 0 bridgehead atoms. The van der Waals surface area contributed by atoms with Crippen molar-refractivity contribution in [2.24, 2.45) is 0 Å². The summed E-state index contributed by atoms with van der Waals surface area (Å²) in [5.41, 5.74) is -1.66. The molecule has 0 aliphatic carbocycles. The molecule has 84 valence electrons. The SMILES string of the molecule is Cc1cc(C(F)(F)F)c(=O)n(C(C)C)c1. The standard InChI is InChI=1S/C10H12F3NO/c1-6(2)14-5-7(3)4-8(9(14)15)10(11,12)13/h4-6H,1-3H3. The molecule has 5 heteroatoms. The van der Waals surface area contributed by atoms with Gasteiger partial charge in [0.1, 0.15) is 5.56 Å². The highest BCUT2D eigenvalue weighted by molar-refractivity contribution is 5.21. The second kappa shape index (κ2) is 3.72. The molecule has 2 nitrogen and oxygen atoms in total. The van der Waals surface area contributed by atoms with E-state index in [0.717, 1.165) is 10.6 Å². The predicted molar refractivity (Wildman–Crippen MR) is 50.8 cm³/mol. The number of hydrogen-bond donors (Lipinski definition) is 0. The number of alkyl halides is 3. The van der Waals surface area contributed by atoms with E-state index in [0.29, 0.717) is 5.56 Å². The molecule has 1 aromatic heterocycles. The van der Waals surface area contributed by atoms with Crippen LogP contribution in [-0.4, -0.2) is 4.57 Å². The minimum Gasteiger partial charge on any atom is -0.312 e. The number of pyridine rings is 1. The summed E-state index contributed by atoms with van der Waals surface area (Å²) < 4.78 is 38.5. The van der Waals surface area contributed by atoms with Gasteiger partial charge in [0, 0.05) is 12.2 Å². The number of hydrogen-bond acceptors (Lipinski definition) is 1. The minimum atomic E-state index is -4.58. The average Bonchev–Trinajstić information content (AvgIpc) is 2.06. The van der Waals surface area contributed by atoms with Crippen molar-refractivity contribution >= 4 is 0 Å². The fraction of sp³-hybridized carbons (Fsp3) is 0.500. The maximum atomic E-state index is 12.5. The Hall–Kier alpha value is -1.26. The molecule has 0 spiro atoms. The summed E-state index contributed by atoms with van der Waals surface area (Å²) in [6.07, 6.45) is -3.15. The zero-order chi connectivity index (χ0) is 11.8. The average molecular weight is 219 g/mol. The van der Waals surface area contributed by atoms with Gasteiger partial charge in [-0.15, -0.1) is 0 Å². The second-order valence-corrected chi connectivity index (χ2v) is 3.74. The maximum absolute atomic E-state index is 12.5. The molecule has 0 amide bonds. The summed E-state index contributed by atoms with van der Waals surface area (Å²) in [5, 5.41) is 0. The summed E-state index contributed by atoms with van der Waals surface area (Å²) in [5.74, 6) is 0. The van der Waals surface area contributed by atoms with E-state index < -0.39 is 17.3 Å². The number of nitrogens with zero attached hydrogens (tertiary/aromatic N) is 1. The van der Waals surface area contributed by atoms with Gasteiger partial charge < -0.3 is 4.57 Å². The Kier molecular flexibility index (Phi) is 2.93. The lowest BCUT2D eigenvalue weighted by molar-refractivity contribution is -0.139. The van der Waals surface area contributed by atoms with Crippen LogP contribution < -0.4 is 5.56 Å². The van der Waals surface area contributed by atoms with Crippen molar-refractivity contribution in [2.45, 2.75) is 33.0 Å². The fourth-order valence-electron chi connectivity index (χ4n) is 1.33. The molecule has 0 aromatic carbocycles. The van der Waals surface area contributed by atoms with Crippen molar-refractivity contribution in [3.05, 3.63) is 33.7 Å². The molecular formula is C10H12F3NO. The summed E-state index contributed by atoms with van der Waals surface area (Å²) in [6.45, 7) is 4.87. The monoisotopic (exact) mass is 219 g/mol. The summed E-state index contributed by atoms with van der Waals surface area (Å²) >= 11 is 0. The Balaban J connectivity index is 3.49. The van der Waals surface area contributed by atoms with E-state index >= 15 is 0 Å². The van der Waals surface area contributed by atoms with E-state index in [-0.39, 0.29) is 6.04 Å². The van der Waals surface area contributed by atoms with Crippen LogP contribution in [0.25, 0.3) is 0 Å². The molecule has 0 unspecified atom stereocenters. The van der Waals surface area contributed by atoms with Crippen molar-refractivity contribution in [2.75, 3.05) is 0 Å². The molecule has 0 saturated carbocycles. The first-order valence-corrected chi connectivity index (χ1v) is 4.53. The molecule has 1 rings (SSSR count). The second-order valence-electron chi connectivity index (χ2n) is 3.74. The first-order chi connectivity index (χ1) is 6.73. The van der Waals surface area contributed by atoms with E-state index in [1.54, 1.807) is 13.8 Å². The number of rotatable bonds is 1. The van der Waals surface area contributed by atoms with Crippen molar-refractivity contribution in [1.82, 2.24) is 4.57 Å². The van der Waals surface area contributed by atoms with Crippen LogP contribution in [0.5, 0.6) is 0 Å². The van der Waals surface area contributed by atoms with Gasteiger partial charge >= 0.3 is 6.18 Å². The van der Waals surface area contributed by atoms with Crippen molar-refractivity contribution in [3.63, 3.8) is 0 Å². The third kappa shape index (κ3) is 2.40. The fourth-order valence-corrected chi connectivity index (χ4v) is 1.33. The van der Waals surface area contributed by atoms with Crippen molar-refractivity contribution in [1.29, 1.82) is 0 Å². The summed E-state index contributed by atoms with van der Waals surface area (Å²) in [6, 6.07) is 0.597. The zero-order valence-electron chi connectivity index (χ0n) is 8.72. The molecule has 0 fully saturated rings. The molecule has 1 aromatic rings. The Bertz CT molecular complexity index is 418. The normalized spacial score (nSPS) is 12.2. The highest BCUT2D eigenvalue weighted by Gasteiger charge is 2.34. The zero-order valence-corrected chi connectivity index (χ0v) is 8.72. The van der Waals surface area contributed by atoms with Crippen LogP contribution in [0.4, 0.5) is 13.2 Å². The quantitative estimate of drug-likeness (QED) is 0.711. The summed E-state index contributed by atoms with van der Waals surface area (Å²) in [4.78, 5) is 11.5. The first kappa shape index (κ1) is 11.8. The van der Waals surface area contributed by atoms with E-state index in [2.05, 4.69) is 0 Å². The Labute approximate surface area is 85.3 Å². The van der Waals surface area contributed by atoms with E-state index in [4.69, 9.17) is 0 Å². The van der Waals surface area contributed by atoms with E-state index in [1.165, 1.54) is 13.1 Å². The molecule has 0 aliphatic heterocycles. The molecular weight excluding hydrogens is 207 g/mol. The number of halogens is 3. The maximum Gasteiger partial charge on any atom is 0.421 e. The third-order valence-electron chi connectivity index (χ3n) is 2.04. The lowest BCUT2D eigenvalue weighted by Gasteiger charge is -2.14. The van der Waals surface area contributed by atoms with Gasteiger partial charge in [-0.1, -0.05) is 0 Å². The highest BCUT2D eigenvalue weighted by atomic mass is 19.4. The largest absolute Gasteiger partial charge is 0.421 e. The molecule has 1 heterocycles. The molecule has 0 atom stereocenters. The van der Waals surface area contributed by atoms with E-state index in [9.17, 15) is 18.0 Å². The van der Waals surface area contributed by atoms with Crippen LogP contribution in [0.2, 0.25) is 0 Å². The van der Waals surface area contributed by atoms with Gasteiger partial charge in [0.15, 0.2) is 0 Å². The van der Waals surface area contributed by atoms with Crippen LogP contribution in [0.1, 0.15) is 31.0 Å². The molecule has 0 saturated heterocycles. The van der Waals surface area contributed by atoms with Gasteiger partial charge in [0.2, 0.25) is 0 Å². The van der Waals surface area contributed by atoms with Gasteiger partial charge in [0.05, 0.1) is 0 Å². The van der Waals surface area contributed by atoms with Gasteiger partial charge in [0.25, 0.3) is 5.56 Å². The summed E-state index contributed by atoms with van der Waals surface area (Å²) in [7, 11) is 0. The molecule has 15 heavy (non-hydrogen) atoms. The van der Waals surface area contributed by atoms with E-state index in [1.807, 2.05) is 0 Å². The third-order valence-corrected chi connectivity index (χ3v) is 2.04. The molecule has 0 aliphatic rings. The van der Waals surface area contributed by atoms with Crippen LogP contribution in [0, 0.1) is 6.92 Å². The van der Waals surface area contributed by atoms with Crippen molar-refractivity contribution in [3.8, 4) is 0 Å². The lowest BCUT2D eigenvalue weighted by atomic mass is 10.2. The van der Waals surface area contributed by atoms with Crippen LogP contribution in [0.3, 0.4) is 0 Å². The van der Waals surface area contributed by atoms with Gasteiger partial charge in [-0.25, -0.2) is 0 Å². The highest BCUT2D eigenvalue weighted by Crippen LogP contribution is 2.27. The first-order valence-electron chi connectivity index (χ1n) is 4.53. The molecule has 0 radical (unpaired) electrons. The smallest absolute Gasteiger partial charge is 0.312 e. The Morgan fingerprint density at radius 2 is 1.87 bits per heavy atom. The Morgan fingerprint density at radius 1 is 1.33 bits per heavy atom. The van der Waals surface area contributed by atoms with Crippen LogP contribution >= 0.6 is 0 Å². The van der Waals surface area contributed by atoms with Crippen LogP contribution in [0.15, 0.2) is 17.1 Å². The topological polar surface area (TPSA) is 22.0 Å². The van der Waals surface area contributed by atoms with Crippen molar-refractivity contribution < 1.29 is 13.2 Å². The number of aryl methyl sites for hydroxylation is 1. The van der Waals surface area contributed by atoms with Crippen LogP contribution in [-0.2, 0) is 6.18 Å².